The molecule has 0 bridgehead atoms. The fourth-order valence-corrected chi connectivity index (χ4v) is 3.23. The Balaban J connectivity index is 2.84. The first-order chi connectivity index (χ1) is 8.82. The largest absolute Gasteiger partial charge is 0.389 e. The number of aliphatic hydroxyl groups is 1. The van der Waals surface area contributed by atoms with Gasteiger partial charge in [0.05, 0.1) is 11.6 Å². The van der Waals surface area contributed by atoms with Crippen LogP contribution in [0, 0.1) is 19.8 Å². The Kier molecular flexibility index (Phi) is 3.93. The Morgan fingerprint density at radius 3 is 2.37 bits per heavy atom. The highest BCUT2D eigenvalue weighted by molar-refractivity contribution is 6.32. The second-order valence-electron chi connectivity index (χ2n) is 5.86. The number of hydrogen-bond donors (Lipinski definition) is 1. The number of benzene rings is 1. The van der Waals surface area contributed by atoms with Crippen molar-refractivity contribution in [2.24, 2.45) is 5.92 Å². The Labute approximate surface area is 120 Å². The quantitative estimate of drug-likeness (QED) is 0.871. The lowest BCUT2D eigenvalue weighted by molar-refractivity contribution is 0.200. The SMILES string of the molecule is Cc1cc(C)c2c(c1)c(C(C)O)c(Cl)n2CC(C)C. The number of nitrogens with zero attached hydrogens (tertiary/aromatic N) is 1. The van der Waals surface area contributed by atoms with Crippen LogP contribution < -0.4 is 0 Å². The van der Waals surface area contributed by atoms with E-state index in [-0.39, 0.29) is 0 Å². The van der Waals surface area contributed by atoms with Crippen LogP contribution in [0.2, 0.25) is 5.15 Å². The van der Waals surface area contributed by atoms with Crippen molar-refractivity contribution in [2.45, 2.75) is 47.3 Å². The predicted molar refractivity (Wildman–Crippen MR) is 81.9 cm³/mol. The number of aliphatic hydroxyl groups excluding tert-OH is 1. The van der Waals surface area contributed by atoms with E-state index in [2.05, 4.69) is 44.4 Å². The van der Waals surface area contributed by atoms with Crippen LogP contribution in [-0.2, 0) is 6.54 Å². The number of aryl methyl sites for hydroxylation is 2. The molecule has 104 valence electrons. The molecule has 0 amide bonds. The molecule has 0 aliphatic heterocycles. The van der Waals surface area contributed by atoms with E-state index >= 15 is 0 Å². The molecule has 0 aliphatic carbocycles. The van der Waals surface area contributed by atoms with Crippen molar-refractivity contribution in [3.63, 3.8) is 0 Å². The number of rotatable bonds is 3. The highest BCUT2D eigenvalue weighted by atomic mass is 35.5. The molecule has 1 N–H and O–H groups in total. The lowest BCUT2D eigenvalue weighted by Crippen LogP contribution is -2.05. The van der Waals surface area contributed by atoms with Gasteiger partial charge in [0.25, 0.3) is 0 Å². The van der Waals surface area contributed by atoms with Crippen LogP contribution in [0.5, 0.6) is 0 Å². The van der Waals surface area contributed by atoms with Crippen molar-refractivity contribution in [3.8, 4) is 0 Å². The fourth-order valence-electron chi connectivity index (χ4n) is 2.81. The minimum atomic E-state index is -0.551. The highest BCUT2D eigenvalue weighted by Crippen LogP contribution is 2.37. The Morgan fingerprint density at radius 2 is 1.84 bits per heavy atom. The number of aromatic nitrogens is 1. The molecule has 19 heavy (non-hydrogen) atoms. The number of hydrogen-bond acceptors (Lipinski definition) is 1. The normalized spacial score (nSPS) is 13.5. The molecule has 0 spiro atoms. The zero-order valence-corrected chi connectivity index (χ0v) is 13.0. The minimum absolute atomic E-state index is 0.510. The summed E-state index contributed by atoms with van der Waals surface area (Å²) in [5, 5.41) is 11.8. The number of halogens is 1. The molecule has 1 unspecified atom stereocenters. The monoisotopic (exact) mass is 279 g/mol. The van der Waals surface area contributed by atoms with Crippen LogP contribution >= 0.6 is 11.6 Å². The third-order valence-electron chi connectivity index (χ3n) is 3.43. The van der Waals surface area contributed by atoms with Gasteiger partial charge in [-0.25, -0.2) is 0 Å². The summed E-state index contributed by atoms with van der Waals surface area (Å²) < 4.78 is 2.14. The summed E-state index contributed by atoms with van der Waals surface area (Å²) in [5.74, 6) is 0.510. The van der Waals surface area contributed by atoms with E-state index in [9.17, 15) is 5.11 Å². The first-order valence-corrected chi connectivity index (χ1v) is 7.17. The molecule has 0 fully saturated rings. The van der Waals surface area contributed by atoms with Crippen LogP contribution in [0.25, 0.3) is 10.9 Å². The van der Waals surface area contributed by atoms with E-state index in [0.29, 0.717) is 11.1 Å². The summed E-state index contributed by atoms with van der Waals surface area (Å²) in [6.45, 7) is 11.2. The van der Waals surface area contributed by atoms with E-state index in [1.54, 1.807) is 6.92 Å². The molecule has 2 nitrogen and oxygen atoms in total. The van der Waals surface area contributed by atoms with Crippen molar-refractivity contribution in [1.82, 2.24) is 4.57 Å². The first kappa shape index (κ1) is 14.4. The van der Waals surface area contributed by atoms with Gasteiger partial charge in [-0.3, -0.25) is 0 Å². The molecule has 1 heterocycles. The Bertz CT molecular complexity index is 611. The molecule has 1 aromatic heterocycles. The van der Waals surface area contributed by atoms with Crippen molar-refractivity contribution in [2.75, 3.05) is 0 Å². The minimum Gasteiger partial charge on any atom is -0.389 e. The summed E-state index contributed by atoms with van der Waals surface area (Å²) in [6.07, 6.45) is -0.551. The maximum Gasteiger partial charge on any atom is 0.115 e. The summed E-state index contributed by atoms with van der Waals surface area (Å²) in [5.41, 5.74) is 4.42. The summed E-state index contributed by atoms with van der Waals surface area (Å²) in [4.78, 5) is 0. The van der Waals surface area contributed by atoms with Crippen LogP contribution in [0.15, 0.2) is 12.1 Å². The second-order valence-corrected chi connectivity index (χ2v) is 6.22. The predicted octanol–water partition coefficient (Wildman–Crippen LogP) is 4.62. The van der Waals surface area contributed by atoms with E-state index in [1.807, 2.05) is 0 Å². The molecule has 0 radical (unpaired) electrons. The van der Waals surface area contributed by atoms with Crippen molar-refractivity contribution >= 4 is 22.5 Å². The van der Waals surface area contributed by atoms with Gasteiger partial charge < -0.3 is 9.67 Å². The van der Waals surface area contributed by atoms with Gasteiger partial charge in [-0.15, -0.1) is 0 Å². The second kappa shape index (κ2) is 5.18. The molecule has 0 saturated heterocycles. The standard InChI is InChI=1S/C16H22ClNO/c1-9(2)8-18-15-11(4)6-10(3)7-13(15)14(12(5)19)16(18)17/h6-7,9,12,19H,8H2,1-5H3. The molecule has 2 rings (SSSR count). The number of fused-ring (bicyclic) bond motifs is 1. The summed E-state index contributed by atoms with van der Waals surface area (Å²) in [6, 6.07) is 4.29. The molecular weight excluding hydrogens is 258 g/mol. The van der Waals surface area contributed by atoms with E-state index in [4.69, 9.17) is 11.6 Å². The van der Waals surface area contributed by atoms with Gasteiger partial charge in [-0.2, -0.15) is 0 Å². The average Bonchev–Trinajstić information content (AvgIpc) is 2.50. The first-order valence-electron chi connectivity index (χ1n) is 6.79. The Morgan fingerprint density at radius 1 is 1.21 bits per heavy atom. The molecule has 1 aromatic carbocycles. The molecule has 2 aromatic rings. The van der Waals surface area contributed by atoms with Crippen molar-refractivity contribution in [3.05, 3.63) is 34.0 Å². The molecule has 0 aliphatic rings. The molecule has 0 saturated carbocycles. The van der Waals surface area contributed by atoms with Gasteiger partial charge in [-0.05, 0) is 38.3 Å². The topological polar surface area (TPSA) is 25.2 Å². The maximum absolute atomic E-state index is 10.0. The van der Waals surface area contributed by atoms with E-state index < -0.39 is 6.10 Å². The van der Waals surface area contributed by atoms with Gasteiger partial charge in [-0.1, -0.05) is 37.1 Å². The van der Waals surface area contributed by atoms with Crippen molar-refractivity contribution in [1.29, 1.82) is 0 Å². The maximum atomic E-state index is 10.0. The lowest BCUT2D eigenvalue weighted by atomic mass is 10.0. The molecule has 1 atom stereocenters. The van der Waals surface area contributed by atoms with Crippen LogP contribution in [0.3, 0.4) is 0 Å². The van der Waals surface area contributed by atoms with Crippen molar-refractivity contribution < 1.29 is 5.11 Å². The van der Waals surface area contributed by atoms with Crippen LogP contribution in [-0.4, -0.2) is 9.67 Å². The lowest BCUT2D eigenvalue weighted by Gasteiger charge is -2.12. The third kappa shape index (κ3) is 2.52. The van der Waals surface area contributed by atoms with Gasteiger partial charge in [0.2, 0.25) is 0 Å². The van der Waals surface area contributed by atoms with Gasteiger partial charge in [0.15, 0.2) is 0 Å². The zero-order chi connectivity index (χ0) is 14.3. The van der Waals surface area contributed by atoms with Gasteiger partial charge in [0.1, 0.15) is 5.15 Å². The fraction of sp³-hybridized carbons (Fsp3) is 0.500. The summed E-state index contributed by atoms with van der Waals surface area (Å²) >= 11 is 6.52. The van der Waals surface area contributed by atoms with E-state index in [0.717, 1.165) is 23.0 Å². The summed E-state index contributed by atoms with van der Waals surface area (Å²) in [7, 11) is 0. The molecular formula is C16H22ClNO. The average molecular weight is 280 g/mol. The van der Waals surface area contributed by atoms with Gasteiger partial charge >= 0.3 is 0 Å². The van der Waals surface area contributed by atoms with Crippen LogP contribution in [0.4, 0.5) is 0 Å². The van der Waals surface area contributed by atoms with Gasteiger partial charge in [0, 0.05) is 17.5 Å². The zero-order valence-electron chi connectivity index (χ0n) is 12.3. The Hall–Kier alpha value is -0.990. The highest BCUT2D eigenvalue weighted by Gasteiger charge is 2.21. The third-order valence-corrected chi connectivity index (χ3v) is 3.84. The smallest absolute Gasteiger partial charge is 0.115 e. The van der Waals surface area contributed by atoms with E-state index in [1.165, 1.54) is 11.1 Å². The van der Waals surface area contributed by atoms with Crippen LogP contribution in [0.1, 0.15) is 43.6 Å². The molecule has 3 heteroatoms.